The molecule has 0 aliphatic rings. The average Bonchev–Trinajstić information content (AvgIpc) is 2.37. The van der Waals surface area contributed by atoms with Gasteiger partial charge in [0.2, 0.25) is 0 Å². The highest BCUT2D eigenvalue weighted by molar-refractivity contribution is 5.90. The van der Waals surface area contributed by atoms with Crippen molar-refractivity contribution in [3.63, 3.8) is 0 Å². The molecule has 0 amide bonds. The van der Waals surface area contributed by atoms with Crippen LogP contribution in [-0.4, -0.2) is 17.2 Å². The smallest absolute Gasteiger partial charge is 0.339 e. The lowest BCUT2D eigenvalue weighted by atomic mass is 10.1. The van der Waals surface area contributed by atoms with E-state index < -0.39 is 11.8 Å². The summed E-state index contributed by atoms with van der Waals surface area (Å²) in [6.07, 6.45) is 5.07. The van der Waals surface area contributed by atoms with Crippen LogP contribution in [0.5, 0.6) is 5.75 Å². The van der Waals surface area contributed by atoms with Crippen LogP contribution >= 0.6 is 0 Å². The zero-order chi connectivity index (χ0) is 14.3. The molecule has 0 saturated carbocycles. The summed E-state index contributed by atoms with van der Waals surface area (Å²) in [5.41, 5.74) is -0.125. The fourth-order valence-electron chi connectivity index (χ4n) is 1.92. The maximum absolute atomic E-state index is 13.6. The van der Waals surface area contributed by atoms with Crippen LogP contribution in [0.25, 0.3) is 0 Å². The Hall–Kier alpha value is -1.58. The Morgan fingerprint density at radius 3 is 2.74 bits per heavy atom. The van der Waals surface area contributed by atoms with Crippen molar-refractivity contribution in [2.24, 2.45) is 0 Å². The Kier molecular flexibility index (Phi) is 6.33. The molecule has 0 radical (unpaired) electrons. The third kappa shape index (κ3) is 4.89. The van der Waals surface area contributed by atoms with Crippen molar-refractivity contribution in [2.75, 3.05) is 0 Å². The Bertz CT molecular complexity index is 418. The maximum Gasteiger partial charge on any atom is 0.339 e. The summed E-state index contributed by atoms with van der Waals surface area (Å²) in [4.78, 5) is 11.0. The van der Waals surface area contributed by atoms with Crippen molar-refractivity contribution in [3.05, 3.63) is 29.6 Å². The summed E-state index contributed by atoms with van der Waals surface area (Å²) in [6, 6.07) is 3.94. The van der Waals surface area contributed by atoms with Gasteiger partial charge in [-0.05, 0) is 31.9 Å². The minimum Gasteiger partial charge on any atom is -0.487 e. The molecular formula is C15H21FO3. The number of halogens is 1. The van der Waals surface area contributed by atoms with Crippen LogP contribution in [0, 0.1) is 5.82 Å². The van der Waals surface area contributed by atoms with Crippen molar-refractivity contribution in [1.82, 2.24) is 0 Å². The molecule has 1 rings (SSSR count). The van der Waals surface area contributed by atoms with Gasteiger partial charge in [-0.3, -0.25) is 0 Å². The Labute approximate surface area is 113 Å². The number of aromatic carboxylic acids is 1. The number of hydrogen-bond acceptors (Lipinski definition) is 2. The standard InChI is InChI=1S/C15H21FO3/c1-3-4-5-6-8-11(2)19-14-12(15(17)18)9-7-10-13(14)16/h7,9-11H,3-6,8H2,1-2H3,(H,17,18). The summed E-state index contributed by atoms with van der Waals surface area (Å²) in [5, 5.41) is 9.00. The Balaban J connectivity index is 2.63. The van der Waals surface area contributed by atoms with Gasteiger partial charge in [0.05, 0.1) is 6.10 Å². The third-order valence-corrected chi connectivity index (χ3v) is 2.98. The van der Waals surface area contributed by atoms with Crippen molar-refractivity contribution in [1.29, 1.82) is 0 Å². The van der Waals surface area contributed by atoms with Gasteiger partial charge in [0, 0.05) is 0 Å². The normalized spacial score (nSPS) is 12.2. The second-order valence-electron chi connectivity index (χ2n) is 4.70. The molecule has 1 N–H and O–H groups in total. The van der Waals surface area contributed by atoms with E-state index in [1.54, 1.807) is 0 Å². The molecule has 106 valence electrons. The van der Waals surface area contributed by atoms with E-state index >= 15 is 0 Å². The molecule has 4 heteroatoms. The molecule has 1 unspecified atom stereocenters. The number of carbonyl (C=O) groups is 1. The van der Waals surface area contributed by atoms with Crippen LogP contribution in [-0.2, 0) is 0 Å². The predicted molar refractivity (Wildman–Crippen MR) is 72.2 cm³/mol. The molecule has 0 bridgehead atoms. The minimum atomic E-state index is -1.17. The molecule has 0 spiro atoms. The van der Waals surface area contributed by atoms with E-state index in [4.69, 9.17) is 9.84 Å². The second-order valence-corrected chi connectivity index (χ2v) is 4.70. The van der Waals surface area contributed by atoms with Crippen LogP contribution in [0.4, 0.5) is 4.39 Å². The molecule has 3 nitrogen and oxygen atoms in total. The molecule has 19 heavy (non-hydrogen) atoms. The fourth-order valence-corrected chi connectivity index (χ4v) is 1.92. The molecule has 0 aliphatic heterocycles. The van der Waals surface area contributed by atoms with Crippen LogP contribution in [0.2, 0.25) is 0 Å². The summed E-state index contributed by atoms with van der Waals surface area (Å²) < 4.78 is 19.1. The van der Waals surface area contributed by atoms with Gasteiger partial charge in [-0.25, -0.2) is 9.18 Å². The molecule has 0 aliphatic carbocycles. The summed E-state index contributed by atoms with van der Waals surface area (Å²) >= 11 is 0. The number of unbranched alkanes of at least 4 members (excludes halogenated alkanes) is 3. The third-order valence-electron chi connectivity index (χ3n) is 2.98. The molecule has 0 aromatic heterocycles. The van der Waals surface area contributed by atoms with E-state index in [9.17, 15) is 9.18 Å². The molecule has 0 fully saturated rings. The van der Waals surface area contributed by atoms with Gasteiger partial charge < -0.3 is 9.84 Å². The number of ether oxygens (including phenoxy) is 1. The topological polar surface area (TPSA) is 46.5 Å². The lowest BCUT2D eigenvalue weighted by Gasteiger charge is -2.16. The van der Waals surface area contributed by atoms with Gasteiger partial charge in [0.1, 0.15) is 5.56 Å². The van der Waals surface area contributed by atoms with Crippen LogP contribution < -0.4 is 4.74 Å². The monoisotopic (exact) mass is 268 g/mol. The average molecular weight is 268 g/mol. The number of hydrogen-bond donors (Lipinski definition) is 1. The number of carboxylic acids is 1. The van der Waals surface area contributed by atoms with Crippen molar-refractivity contribution < 1.29 is 19.0 Å². The lowest BCUT2D eigenvalue weighted by Crippen LogP contribution is -2.15. The molecule has 1 aromatic carbocycles. The van der Waals surface area contributed by atoms with Gasteiger partial charge in [0.25, 0.3) is 0 Å². The first-order valence-electron chi connectivity index (χ1n) is 6.74. The molecule has 1 aromatic rings. The first kappa shape index (κ1) is 15.5. The predicted octanol–water partition coefficient (Wildman–Crippen LogP) is 4.26. The highest BCUT2D eigenvalue weighted by Crippen LogP contribution is 2.25. The lowest BCUT2D eigenvalue weighted by molar-refractivity contribution is 0.0687. The van der Waals surface area contributed by atoms with Crippen molar-refractivity contribution >= 4 is 5.97 Å². The zero-order valence-corrected chi connectivity index (χ0v) is 11.5. The van der Waals surface area contributed by atoms with Crippen LogP contribution in [0.3, 0.4) is 0 Å². The fraction of sp³-hybridized carbons (Fsp3) is 0.533. The van der Waals surface area contributed by atoms with Gasteiger partial charge >= 0.3 is 5.97 Å². The largest absolute Gasteiger partial charge is 0.487 e. The summed E-state index contributed by atoms with van der Waals surface area (Å²) in [5.74, 6) is -1.95. The van der Waals surface area contributed by atoms with Crippen molar-refractivity contribution in [2.45, 2.75) is 52.1 Å². The maximum atomic E-state index is 13.6. The summed E-state index contributed by atoms with van der Waals surface area (Å²) in [6.45, 7) is 3.97. The zero-order valence-electron chi connectivity index (χ0n) is 11.5. The SMILES string of the molecule is CCCCCCC(C)Oc1c(F)cccc1C(=O)O. The number of para-hydroxylation sites is 1. The van der Waals surface area contributed by atoms with E-state index in [1.807, 2.05) is 6.92 Å². The van der Waals surface area contributed by atoms with Crippen molar-refractivity contribution in [3.8, 4) is 5.75 Å². The van der Waals surface area contributed by atoms with E-state index in [0.717, 1.165) is 25.7 Å². The number of rotatable bonds is 8. The van der Waals surface area contributed by atoms with Gasteiger partial charge in [-0.1, -0.05) is 32.3 Å². The first-order valence-corrected chi connectivity index (χ1v) is 6.74. The first-order chi connectivity index (χ1) is 9.06. The number of carboxylic acid groups (broad SMARTS) is 1. The van der Waals surface area contributed by atoms with E-state index in [0.29, 0.717) is 0 Å². The minimum absolute atomic E-state index is 0.125. The molecule has 1 atom stereocenters. The molecule has 0 saturated heterocycles. The van der Waals surface area contributed by atoms with Crippen LogP contribution in [0.1, 0.15) is 56.3 Å². The molecular weight excluding hydrogens is 247 g/mol. The van der Waals surface area contributed by atoms with Gasteiger partial charge in [-0.15, -0.1) is 0 Å². The van der Waals surface area contributed by atoms with E-state index in [2.05, 4.69) is 6.92 Å². The second kappa shape index (κ2) is 7.77. The van der Waals surface area contributed by atoms with E-state index in [1.165, 1.54) is 24.6 Å². The van der Waals surface area contributed by atoms with Gasteiger partial charge in [0.15, 0.2) is 11.6 Å². The Morgan fingerprint density at radius 1 is 1.37 bits per heavy atom. The summed E-state index contributed by atoms with van der Waals surface area (Å²) in [7, 11) is 0. The highest BCUT2D eigenvalue weighted by Gasteiger charge is 2.17. The number of benzene rings is 1. The van der Waals surface area contributed by atoms with Crippen LogP contribution in [0.15, 0.2) is 18.2 Å². The quantitative estimate of drug-likeness (QED) is 0.716. The Morgan fingerprint density at radius 2 is 2.11 bits per heavy atom. The highest BCUT2D eigenvalue weighted by atomic mass is 19.1. The van der Waals surface area contributed by atoms with E-state index in [-0.39, 0.29) is 17.4 Å². The molecule has 0 heterocycles. The van der Waals surface area contributed by atoms with Gasteiger partial charge in [-0.2, -0.15) is 0 Å².